The molecule has 140 valence electrons. The van der Waals surface area contributed by atoms with Crippen molar-refractivity contribution in [2.75, 3.05) is 0 Å². The maximum absolute atomic E-state index is 12.3. The van der Waals surface area contributed by atoms with Crippen molar-refractivity contribution < 1.29 is 9.32 Å². The van der Waals surface area contributed by atoms with Crippen LogP contribution in [0.3, 0.4) is 0 Å². The van der Waals surface area contributed by atoms with E-state index in [1.165, 1.54) is 6.42 Å². The minimum absolute atomic E-state index is 0.126. The zero-order valence-corrected chi connectivity index (χ0v) is 15.1. The minimum Gasteiger partial charge on any atom is -0.349 e. The summed E-state index contributed by atoms with van der Waals surface area (Å²) >= 11 is 0. The normalized spacial score (nSPS) is 18.1. The molecule has 1 amide bonds. The van der Waals surface area contributed by atoms with E-state index in [4.69, 9.17) is 4.52 Å². The van der Waals surface area contributed by atoms with Crippen LogP contribution in [0.5, 0.6) is 0 Å². The number of hydrogen-bond donors (Lipinski definition) is 1. The predicted molar refractivity (Wildman–Crippen MR) is 96.7 cm³/mol. The smallest absolute Gasteiger partial charge is 0.258 e. The lowest BCUT2D eigenvalue weighted by Crippen LogP contribution is -2.32. The first kappa shape index (κ1) is 16.4. The van der Waals surface area contributed by atoms with E-state index in [-0.39, 0.29) is 11.8 Å². The molecule has 8 heteroatoms. The van der Waals surface area contributed by atoms with Gasteiger partial charge in [-0.25, -0.2) is 0 Å². The van der Waals surface area contributed by atoms with Gasteiger partial charge in [0.2, 0.25) is 5.91 Å². The zero-order chi connectivity index (χ0) is 18.2. The summed E-state index contributed by atoms with van der Waals surface area (Å²) in [6.45, 7) is 0.377. The fourth-order valence-corrected chi connectivity index (χ4v) is 3.73. The molecule has 2 aliphatic carbocycles. The van der Waals surface area contributed by atoms with Gasteiger partial charge < -0.3 is 9.84 Å². The summed E-state index contributed by atoms with van der Waals surface area (Å²) in [5.74, 6) is 2.74. The second kappa shape index (κ2) is 6.75. The van der Waals surface area contributed by atoms with Crippen LogP contribution < -0.4 is 5.32 Å². The summed E-state index contributed by atoms with van der Waals surface area (Å²) in [6.07, 6.45) is 9.67. The molecule has 3 aromatic heterocycles. The standard InChI is InChI=1S/C19H22N6O2/c26-18(13-4-2-1-3-5-13)20-11-16-23-22-15-10-14(8-9-25(15)16)19-21-17(24-27-19)12-6-7-12/h8-10,12-13H,1-7,11H2,(H,20,26). The van der Waals surface area contributed by atoms with E-state index in [1.54, 1.807) is 0 Å². The van der Waals surface area contributed by atoms with Gasteiger partial charge in [-0.3, -0.25) is 9.20 Å². The van der Waals surface area contributed by atoms with Gasteiger partial charge in [-0.05, 0) is 37.8 Å². The molecule has 2 aliphatic rings. The predicted octanol–water partition coefficient (Wildman–Crippen LogP) is 2.85. The third-order valence-electron chi connectivity index (χ3n) is 5.51. The highest BCUT2D eigenvalue weighted by Crippen LogP contribution is 2.38. The van der Waals surface area contributed by atoms with Crippen molar-refractivity contribution >= 4 is 11.6 Å². The Bertz CT molecular complexity index is 968. The Labute approximate surface area is 156 Å². The summed E-state index contributed by atoms with van der Waals surface area (Å²) in [6, 6.07) is 3.79. The molecule has 5 rings (SSSR count). The SMILES string of the molecule is O=C(NCc1nnc2cc(-c3nc(C4CC4)no3)ccn12)C1CCCCC1. The Balaban J connectivity index is 1.30. The lowest BCUT2D eigenvalue weighted by molar-refractivity contribution is -0.126. The fraction of sp³-hybridized carbons (Fsp3) is 0.526. The molecule has 0 atom stereocenters. The number of rotatable bonds is 5. The van der Waals surface area contributed by atoms with E-state index in [2.05, 4.69) is 25.7 Å². The van der Waals surface area contributed by atoms with Crippen molar-refractivity contribution in [1.82, 2.24) is 30.1 Å². The summed E-state index contributed by atoms with van der Waals surface area (Å²) in [7, 11) is 0. The number of hydrogen-bond acceptors (Lipinski definition) is 6. The number of fused-ring (bicyclic) bond motifs is 1. The highest BCUT2D eigenvalue weighted by Gasteiger charge is 2.29. The number of carbonyl (C=O) groups is 1. The van der Waals surface area contributed by atoms with E-state index >= 15 is 0 Å². The fourth-order valence-electron chi connectivity index (χ4n) is 3.73. The second-order valence-electron chi connectivity index (χ2n) is 7.54. The van der Waals surface area contributed by atoms with Crippen LogP contribution in [0.25, 0.3) is 17.1 Å². The minimum atomic E-state index is 0.126. The van der Waals surface area contributed by atoms with E-state index in [9.17, 15) is 4.79 Å². The van der Waals surface area contributed by atoms with Crippen LogP contribution in [0.4, 0.5) is 0 Å². The van der Waals surface area contributed by atoms with Gasteiger partial charge in [-0.15, -0.1) is 10.2 Å². The van der Waals surface area contributed by atoms with E-state index in [0.717, 1.165) is 49.9 Å². The number of pyridine rings is 1. The van der Waals surface area contributed by atoms with Gasteiger partial charge in [0.25, 0.3) is 5.89 Å². The summed E-state index contributed by atoms with van der Waals surface area (Å²) < 4.78 is 7.26. The average Bonchev–Trinajstić information content (AvgIpc) is 3.30. The van der Waals surface area contributed by atoms with E-state index in [1.807, 2.05) is 22.7 Å². The molecule has 3 aromatic rings. The zero-order valence-electron chi connectivity index (χ0n) is 15.1. The van der Waals surface area contributed by atoms with Crippen molar-refractivity contribution in [2.45, 2.75) is 57.4 Å². The van der Waals surface area contributed by atoms with Gasteiger partial charge in [0.05, 0.1) is 6.54 Å². The molecule has 2 fully saturated rings. The molecule has 0 saturated heterocycles. The Kier molecular flexibility index (Phi) is 4.10. The molecular weight excluding hydrogens is 344 g/mol. The third-order valence-corrected chi connectivity index (χ3v) is 5.51. The van der Waals surface area contributed by atoms with Gasteiger partial charge in [-0.1, -0.05) is 24.4 Å². The number of carbonyl (C=O) groups excluding carboxylic acids is 1. The average molecular weight is 366 g/mol. The molecule has 3 heterocycles. The van der Waals surface area contributed by atoms with Crippen LogP contribution in [0.2, 0.25) is 0 Å². The van der Waals surface area contributed by atoms with Crippen molar-refractivity contribution in [3.8, 4) is 11.5 Å². The number of nitrogens with one attached hydrogen (secondary N) is 1. The molecule has 27 heavy (non-hydrogen) atoms. The van der Waals surface area contributed by atoms with Crippen molar-refractivity contribution in [2.24, 2.45) is 5.92 Å². The molecule has 1 N–H and O–H groups in total. The monoisotopic (exact) mass is 366 g/mol. The van der Waals surface area contributed by atoms with Crippen molar-refractivity contribution in [3.63, 3.8) is 0 Å². The molecule has 0 bridgehead atoms. The lowest BCUT2D eigenvalue weighted by atomic mass is 9.89. The molecule has 0 aromatic carbocycles. The van der Waals surface area contributed by atoms with Crippen LogP contribution in [-0.4, -0.2) is 30.6 Å². The summed E-state index contributed by atoms with van der Waals surface area (Å²) in [5, 5.41) is 15.5. The Morgan fingerprint density at radius 2 is 2.04 bits per heavy atom. The van der Waals surface area contributed by atoms with Gasteiger partial charge in [0.15, 0.2) is 17.3 Å². The van der Waals surface area contributed by atoms with Crippen LogP contribution in [0.1, 0.15) is 62.5 Å². The maximum Gasteiger partial charge on any atom is 0.258 e. The van der Waals surface area contributed by atoms with Gasteiger partial charge in [0, 0.05) is 23.6 Å². The van der Waals surface area contributed by atoms with Crippen LogP contribution in [0, 0.1) is 5.92 Å². The summed E-state index contributed by atoms with van der Waals surface area (Å²) in [5.41, 5.74) is 1.52. The Morgan fingerprint density at radius 1 is 1.19 bits per heavy atom. The van der Waals surface area contributed by atoms with E-state index < -0.39 is 0 Å². The first-order valence-electron chi connectivity index (χ1n) is 9.73. The number of nitrogens with zero attached hydrogens (tertiary/aromatic N) is 5. The highest BCUT2D eigenvalue weighted by molar-refractivity contribution is 5.78. The lowest BCUT2D eigenvalue weighted by Gasteiger charge is -2.20. The highest BCUT2D eigenvalue weighted by atomic mass is 16.5. The Hall–Kier alpha value is -2.77. The summed E-state index contributed by atoms with van der Waals surface area (Å²) in [4.78, 5) is 16.8. The number of aromatic nitrogens is 5. The number of amides is 1. The molecule has 0 aliphatic heterocycles. The van der Waals surface area contributed by atoms with Crippen LogP contribution in [0.15, 0.2) is 22.9 Å². The molecular formula is C19H22N6O2. The van der Waals surface area contributed by atoms with Crippen LogP contribution >= 0.6 is 0 Å². The van der Waals surface area contributed by atoms with E-state index in [0.29, 0.717) is 29.8 Å². The first-order chi connectivity index (χ1) is 13.3. The quantitative estimate of drug-likeness (QED) is 0.745. The van der Waals surface area contributed by atoms with Gasteiger partial charge >= 0.3 is 0 Å². The van der Waals surface area contributed by atoms with Gasteiger partial charge in [-0.2, -0.15) is 4.98 Å². The third kappa shape index (κ3) is 3.31. The molecule has 8 nitrogen and oxygen atoms in total. The van der Waals surface area contributed by atoms with Crippen LogP contribution in [-0.2, 0) is 11.3 Å². The molecule has 2 saturated carbocycles. The largest absolute Gasteiger partial charge is 0.349 e. The Morgan fingerprint density at radius 3 is 2.85 bits per heavy atom. The topological polar surface area (TPSA) is 98.2 Å². The maximum atomic E-state index is 12.3. The first-order valence-corrected chi connectivity index (χ1v) is 9.73. The van der Waals surface area contributed by atoms with Crippen molar-refractivity contribution in [1.29, 1.82) is 0 Å². The molecule has 0 radical (unpaired) electrons. The second-order valence-corrected chi connectivity index (χ2v) is 7.54. The molecule has 0 spiro atoms. The van der Waals surface area contributed by atoms with Crippen molar-refractivity contribution in [3.05, 3.63) is 30.0 Å². The molecule has 0 unspecified atom stereocenters. The van der Waals surface area contributed by atoms with Gasteiger partial charge in [0.1, 0.15) is 0 Å².